The van der Waals surface area contributed by atoms with E-state index in [4.69, 9.17) is 4.74 Å². The molecule has 2 saturated carbocycles. The van der Waals surface area contributed by atoms with E-state index in [9.17, 15) is 0 Å². The van der Waals surface area contributed by atoms with Crippen molar-refractivity contribution in [3.8, 4) is 0 Å². The molecule has 1 saturated heterocycles. The summed E-state index contributed by atoms with van der Waals surface area (Å²) in [7, 11) is 2.22. The fourth-order valence-electron chi connectivity index (χ4n) is 3.72. The lowest BCUT2D eigenvalue weighted by Gasteiger charge is -2.41. The molecule has 0 spiro atoms. The largest absolute Gasteiger partial charge is 0.366 e. The van der Waals surface area contributed by atoms with Crippen LogP contribution in [0.1, 0.15) is 19.3 Å². The summed E-state index contributed by atoms with van der Waals surface area (Å²) in [4.78, 5) is 2.43. The smallest absolute Gasteiger partial charge is 0.0990 e. The van der Waals surface area contributed by atoms with E-state index in [0.29, 0.717) is 0 Å². The normalized spacial score (nSPS) is 52.8. The first kappa shape index (κ1) is 7.34. The summed E-state index contributed by atoms with van der Waals surface area (Å²) in [5.74, 6) is 2.89. The Bertz CT molecular complexity index is 194. The molecule has 0 unspecified atom stereocenters. The van der Waals surface area contributed by atoms with Gasteiger partial charge in [-0.3, -0.25) is 4.90 Å². The molecular formula is C10H17NO. The van der Waals surface area contributed by atoms with Crippen LogP contribution in [-0.4, -0.2) is 31.3 Å². The van der Waals surface area contributed by atoms with Crippen molar-refractivity contribution in [1.29, 1.82) is 0 Å². The molecule has 0 N–H and O–H groups in total. The zero-order valence-electron chi connectivity index (χ0n) is 7.70. The van der Waals surface area contributed by atoms with Gasteiger partial charge in [0.1, 0.15) is 0 Å². The fraction of sp³-hybridized carbons (Fsp3) is 1.00. The first-order chi connectivity index (χ1) is 5.86. The van der Waals surface area contributed by atoms with Gasteiger partial charge in [-0.2, -0.15) is 0 Å². The molecule has 4 atom stereocenters. The minimum absolute atomic E-state index is 0.865. The van der Waals surface area contributed by atoms with Gasteiger partial charge in [0.05, 0.1) is 13.3 Å². The highest BCUT2D eigenvalue weighted by Gasteiger charge is 2.50. The average molecular weight is 167 g/mol. The standard InChI is InChI=1S/C10H17NO/c1-11-6-12-5-9-7-2-3-8(4-7)10(9)11/h7-10H,2-6H2,1H3/t7-,8+,9-,10+/m0/s1. The van der Waals surface area contributed by atoms with E-state index in [0.717, 1.165) is 37.1 Å². The van der Waals surface area contributed by atoms with Crippen LogP contribution < -0.4 is 0 Å². The second-order valence-corrected chi connectivity index (χ2v) is 4.74. The lowest BCUT2D eigenvalue weighted by molar-refractivity contribution is -0.0869. The van der Waals surface area contributed by atoms with E-state index in [1.165, 1.54) is 19.3 Å². The highest BCUT2D eigenvalue weighted by atomic mass is 16.5. The number of nitrogens with zero attached hydrogens (tertiary/aromatic N) is 1. The lowest BCUT2D eigenvalue weighted by Crippen LogP contribution is -2.49. The topological polar surface area (TPSA) is 12.5 Å². The van der Waals surface area contributed by atoms with Gasteiger partial charge in [-0.1, -0.05) is 0 Å². The Morgan fingerprint density at radius 3 is 2.92 bits per heavy atom. The van der Waals surface area contributed by atoms with Crippen LogP contribution in [0.4, 0.5) is 0 Å². The molecule has 2 bridgehead atoms. The third-order valence-corrected chi connectivity index (χ3v) is 4.16. The van der Waals surface area contributed by atoms with E-state index < -0.39 is 0 Å². The van der Waals surface area contributed by atoms with Crippen LogP contribution in [-0.2, 0) is 4.74 Å². The zero-order chi connectivity index (χ0) is 8.13. The first-order valence-corrected chi connectivity index (χ1v) is 5.14. The number of fused-ring (bicyclic) bond motifs is 5. The molecule has 2 heteroatoms. The number of ether oxygens (including phenoxy) is 1. The third-order valence-electron chi connectivity index (χ3n) is 4.16. The first-order valence-electron chi connectivity index (χ1n) is 5.14. The summed E-state index contributed by atoms with van der Waals surface area (Å²) in [5, 5.41) is 0. The molecule has 3 aliphatic rings. The number of hydrogen-bond acceptors (Lipinski definition) is 2. The Morgan fingerprint density at radius 1 is 1.25 bits per heavy atom. The molecule has 1 aliphatic heterocycles. The van der Waals surface area contributed by atoms with Gasteiger partial charge in [0, 0.05) is 12.0 Å². The highest BCUT2D eigenvalue weighted by molar-refractivity contribution is 5.01. The van der Waals surface area contributed by atoms with Gasteiger partial charge in [-0.15, -0.1) is 0 Å². The summed E-state index contributed by atoms with van der Waals surface area (Å²) in [6, 6.07) is 0.873. The maximum absolute atomic E-state index is 5.57. The molecule has 0 aromatic carbocycles. The maximum Gasteiger partial charge on any atom is 0.0990 e. The van der Waals surface area contributed by atoms with Gasteiger partial charge in [0.2, 0.25) is 0 Å². The van der Waals surface area contributed by atoms with E-state index in [-0.39, 0.29) is 0 Å². The van der Waals surface area contributed by atoms with E-state index >= 15 is 0 Å². The molecule has 0 amide bonds. The van der Waals surface area contributed by atoms with Crippen LogP contribution in [0.2, 0.25) is 0 Å². The molecule has 0 radical (unpaired) electrons. The van der Waals surface area contributed by atoms with E-state index in [1.54, 1.807) is 0 Å². The highest BCUT2D eigenvalue weighted by Crippen LogP contribution is 2.51. The van der Waals surface area contributed by atoms with Gasteiger partial charge < -0.3 is 4.74 Å². The minimum Gasteiger partial charge on any atom is -0.366 e. The van der Waals surface area contributed by atoms with Crippen molar-refractivity contribution in [3.05, 3.63) is 0 Å². The van der Waals surface area contributed by atoms with Crippen molar-refractivity contribution < 1.29 is 4.74 Å². The van der Waals surface area contributed by atoms with Gasteiger partial charge in [0.25, 0.3) is 0 Å². The quantitative estimate of drug-likeness (QED) is 0.539. The van der Waals surface area contributed by atoms with Crippen molar-refractivity contribution in [1.82, 2.24) is 4.90 Å². The number of rotatable bonds is 0. The molecule has 12 heavy (non-hydrogen) atoms. The molecule has 3 fully saturated rings. The molecule has 1 heterocycles. The molecule has 2 aliphatic carbocycles. The predicted octanol–water partition coefficient (Wildman–Crippen LogP) is 1.32. The summed E-state index contributed by atoms with van der Waals surface area (Å²) in [6.45, 7) is 1.90. The Morgan fingerprint density at radius 2 is 2.08 bits per heavy atom. The average Bonchev–Trinajstić information content (AvgIpc) is 2.64. The third kappa shape index (κ3) is 0.826. The van der Waals surface area contributed by atoms with Gasteiger partial charge >= 0.3 is 0 Å². The SMILES string of the molecule is CN1COC[C@H]2[C@H]3CC[C@H](C3)[C@H]21. The molecule has 0 aromatic rings. The molecular weight excluding hydrogens is 150 g/mol. The molecule has 3 rings (SSSR count). The van der Waals surface area contributed by atoms with Gasteiger partial charge in [-0.25, -0.2) is 0 Å². The van der Waals surface area contributed by atoms with Gasteiger partial charge in [0.15, 0.2) is 0 Å². The Hall–Kier alpha value is -0.0800. The van der Waals surface area contributed by atoms with Crippen molar-refractivity contribution >= 4 is 0 Å². The Kier molecular flexibility index (Phi) is 1.50. The molecule has 2 nitrogen and oxygen atoms in total. The molecule has 68 valence electrons. The van der Waals surface area contributed by atoms with Crippen LogP contribution in [0, 0.1) is 17.8 Å². The Balaban J connectivity index is 1.86. The predicted molar refractivity (Wildman–Crippen MR) is 46.7 cm³/mol. The van der Waals surface area contributed by atoms with Crippen molar-refractivity contribution in [2.24, 2.45) is 17.8 Å². The van der Waals surface area contributed by atoms with Crippen molar-refractivity contribution in [3.63, 3.8) is 0 Å². The van der Waals surface area contributed by atoms with Crippen molar-refractivity contribution in [2.75, 3.05) is 20.4 Å². The van der Waals surface area contributed by atoms with Crippen LogP contribution in [0.5, 0.6) is 0 Å². The lowest BCUT2D eigenvalue weighted by atomic mass is 9.84. The van der Waals surface area contributed by atoms with Crippen LogP contribution in [0.3, 0.4) is 0 Å². The maximum atomic E-state index is 5.57. The summed E-state index contributed by atoms with van der Waals surface area (Å²) in [6.07, 6.45) is 4.45. The van der Waals surface area contributed by atoms with E-state index in [1.807, 2.05) is 0 Å². The van der Waals surface area contributed by atoms with Crippen LogP contribution >= 0.6 is 0 Å². The van der Waals surface area contributed by atoms with Crippen molar-refractivity contribution in [2.45, 2.75) is 25.3 Å². The van der Waals surface area contributed by atoms with Crippen LogP contribution in [0.15, 0.2) is 0 Å². The monoisotopic (exact) mass is 167 g/mol. The second-order valence-electron chi connectivity index (χ2n) is 4.74. The van der Waals surface area contributed by atoms with Crippen LogP contribution in [0.25, 0.3) is 0 Å². The molecule has 0 aromatic heterocycles. The number of hydrogen-bond donors (Lipinski definition) is 0. The minimum atomic E-state index is 0.865. The fourth-order valence-corrected chi connectivity index (χ4v) is 3.72. The van der Waals surface area contributed by atoms with E-state index in [2.05, 4.69) is 11.9 Å². The summed E-state index contributed by atoms with van der Waals surface area (Å²) < 4.78 is 5.57. The second kappa shape index (κ2) is 2.46. The zero-order valence-corrected chi connectivity index (χ0v) is 7.70. The Labute approximate surface area is 73.9 Å². The summed E-state index contributed by atoms with van der Waals surface area (Å²) >= 11 is 0. The summed E-state index contributed by atoms with van der Waals surface area (Å²) in [5.41, 5.74) is 0. The van der Waals surface area contributed by atoms with Gasteiger partial charge in [-0.05, 0) is 38.1 Å².